The summed E-state index contributed by atoms with van der Waals surface area (Å²) in [5.74, 6) is -0.141. The number of benzene rings is 1. The number of unbranched alkanes of at least 4 members (excludes halogenated alkanes) is 2. The van der Waals surface area contributed by atoms with E-state index in [1.54, 1.807) is 6.92 Å². The van der Waals surface area contributed by atoms with E-state index in [0.29, 0.717) is 27.9 Å². The molecule has 3 amide bonds. The van der Waals surface area contributed by atoms with Crippen molar-refractivity contribution < 1.29 is 9.59 Å². The minimum atomic E-state index is -0.380. The summed E-state index contributed by atoms with van der Waals surface area (Å²) in [6.07, 6.45) is 3.16. The monoisotopic (exact) mass is 360 g/mol. The zero-order valence-corrected chi connectivity index (χ0v) is 15.6. The van der Waals surface area contributed by atoms with Crippen LogP contribution < -0.4 is 16.0 Å². The molecular weight excluding hydrogens is 336 g/mol. The molecule has 0 unspecified atom stereocenters. The number of rotatable bonds is 7. The minimum absolute atomic E-state index is 0.141. The number of thiazole rings is 1. The van der Waals surface area contributed by atoms with Crippen molar-refractivity contribution in [2.75, 3.05) is 17.2 Å². The molecule has 1 aromatic carbocycles. The highest BCUT2D eigenvalue weighted by Gasteiger charge is 2.16. The van der Waals surface area contributed by atoms with E-state index in [9.17, 15) is 9.59 Å². The third-order valence-electron chi connectivity index (χ3n) is 3.57. The van der Waals surface area contributed by atoms with Crippen molar-refractivity contribution in [2.45, 2.75) is 40.0 Å². The second kappa shape index (κ2) is 9.17. The molecule has 25 heavy (non-hydrogen) atoms. The molecule has 3 N–H and O–H groups in total. The van der Waals surface area contributed by atoms with Crippen LogP contribution in [0.2, 0.25) is 0 Å². The number of aromatic nitrogens is 1. The summed E-state index contributed by atoms with van der Waals surface area (Å²) in [4.78, 5) is 29.0. The van der Waals surface area contributed by atoms with Gasteiger partial charge in [-0.15, -0.1) is 0 Å². The topological polar surface area (TPSA) is 83.1 Å². The first-order valence-electron chi connectivity index (χ1n) is 8.40. The van der Waals surface area contributed by atoms with Crippen molar-refractivity contribution in [1.29, 1.82) is 0 Å². The Kier molecular flexibility index (Phi) is 6.94. The van der Waals surface area contributed by atoms with Gasteiger partial charge in [-0.1, -0.05) is 43.2 Å². The number of hydrogen-bond donors (Lipinski definition) is 3. The number of carbonyl (C=O) groups is 2. The lowest BCUT2D eigenvalue weighted by Crippen LogP contribution is -2.24. The fourth-order valence-corrected chi connectivity index (χ4v) is 3.18. The van der Waals surface area contributed by atoms with E-state index < -0.39 is 0 Å². The number of amides is 3. The highest BCUT2D eigenvalue weighted by Crippen LogP contribution is 2.22. The first-order chi connectivity index (χ1) is 12.0. The average Bonchev–Trinajstić information content (AvgIpc) is 2.91. The van der Waals surface area contributed by atoms with E-state index in [1.807, 2.05) is 31.2 Å². The van der Waals surface area contributed by atoms with Gasteiger partial charge < -0.3 is 10.6 Å². The summed E-state index contributed by atoms with van der Waals surface area (Å²) >= 11 is 1.18. The van der Waals surface area contributed by atoms with Gasteiger partial charge >= 0.3 is 6.03 Å². The van der Waals surface area contributed by atoms with Crippen molar-refractivity contribution in [1.82, 2.24) is 10.3 Å². The summed E-state index contributed by atoms with van der Waals surface area (Å²) in [7, 11) is 0. The molecule has 0 spiro atoms. The van der Waals surface area contributed by atoms with E-state index in [2.05, 4.69) is 27.9 Å². The zero-order chi connectivity index (χ0) is 18.2. The average molecular weight is 360 g/mol. The number of anilines is 2. The fourth-order valence-electron chi connectivity index (χ4n) is 2.30. The smallest absolute Gasteiger partial charge is 0.325 e. The van der Waals surface area contributed by atoms with Crippen LogP contribution in [-0.2, 0) is 0 Å². The van der Waals surface area contributed by atoms with Gasteiger partial charge in [0.1, 0.15) is 4.88 Å². The molecule has 134 valence electrons. The maximum Gasteiger partial charge on any atom is 0.325 e. The minimum Gasteiger partial charge on any atom is -0.351 e. The van der Waals surface area contributed by atoms with Crippen molar-refractivity contribution >= 4 is 34.1 Å². The van der Waals surface area contributed by atoms with E-state index in [1.165, 1.54) is 11.3 Å². The van der Waals surface area contributed by atoms with Gasteiger partial charge in [0.15, 0.2) is 5.13 Å². The van der Waals surface area contributed by atoms with Gasteiger partial charge in [0.2, 0.25) is 0 Å². The Labute approximate surface area is 152 Å². The Balaban J connectivity index is 1.92. The molecule has 6 nitrogen and oxygen atoms in total. The molecule has 0 fully saturated rings. The molecule has 0 saturated heterocycles. The molecule has 1 heterocycles. The molecule has 0 atom stereocenters. The highest BCUT2D eigenvalue weighted by molar-refractivity contribution is 7.17. The number of urea groups is 1. The summed E-state index contributed by atoms with van der Waals surface area (Å²) < 4.78 is 0. The van der Waals surface area contributed by atoms with Gasteiger partial charge in [0.25, 0.3) is 5.91 Å². The van der Waals surface area contributed by atoms with Gasteiger partial charge in [0, 0.05) is 12.2 Å². The number of nitrogens with zero attached hydrogens (tertiary/aromatic N) is 1. The predicted molar refractivity (Wildman–Crippen MR) is 103 cm³/mol. The summed E-state index contributed by atoms with van der Waals surface area (Å²) in [5, 5.41) is 8.73. The molecule has 2 rings (SSSR count). The molecule has 0 aliphatic carbocycles. The second-order valence-corrected chi connectivity index (χ2v) is 6.84. The van der Waals surface area contributed by atoms with E-state index in [4.69, 9.17) is 0 Å². The first kappa shape index (κ1) is 18.9. The molecule has 0 saturated carbocycles. The Morgan fingerprint density at radius 3 is 2.68 bits per heavy atom. The highest BCUT2D eigenvalue weighted by atomic mass is 32.1. The third kappa shape index (κ3) is 5.86. The van der Waals surface area contributed by atoms with Crippen molar-refractivity contribution in [3.63, 3.8) is 0 Å². The van der Waals surface area contributed by atoms with Gasteiger partial charge in [-0.2, -0.15) is 0 Å². The third-order valence-corrected chi connectivity index (χ3v) is 4.64. The molecule has 2 aromatic rings. The maximum atomic E-state index is 12.2. The normalized spacial score (nSPS) is 10.4. The van der Waals surface area contributed by atoms with Crippen LogP contribution in [0.15, 0.2) is 24.3 Å². The number of carbonyl (C=O) groups excluding carboxylic acids is 2. The lowest BCUT2D eigenvalue weighted by Gasteiger charge is -2.05. The van der Waals surface area contributed by atoms with Crippen LogP contribution in [-0.4, -0.2) is 23.5 Å². The fraction of sp³-hybridized carbons (Fsp3) is 0.389. The molecule has 0 radical (unpaired) electrons. The molecule has 7 heteroatoms. The number of nitrogens with one attached hydrogen (secondary N) is 3. The first-order valence-corrected chi connectivity index (χ1v) is 9.21. The molecule has 0 bridgehead atoms. The van der Waals surface area contributed by atoms with Crippen LogP contribution in [0.25, 0.3) is 0 Å². The van der Waals surface area contributed by atoms with Gasteiger partial charge in [-0.25, -0.2) is 9.78 Å². The van der Waals surface area contributed by atoms with Crippen molar-refractivity contribution in [2.24, 2.45) is 0 Å². The lowest BCUT2D eigenvalue weighted by atomic mass is 10.2. The van der Waals surface area contributed by atoms with Crippen LogP contribution in [0, 0.1) is 13.8 Å². The van der Waals surface area contributed by atoms with E-state index in [-0.39, 0.29) is 11.9 Å². The summed E-state index contributed by atoms with van der Waals surface area (Å²) in [6.45, 7) is 6.50. The molecular formula is C18H24N4O2S. The largest absolute Gasteiger partial charge is 0.351 e. The quantitative estimate of drug-likeness (QED) is 0.643. The van der Waals surface area contributed by atoms with Gasteiger partial charge in [0.05, 0.1) is 5.69 Å². The van der Waals surface area contributed by atoms with Crippen LogP contribution in [0.3, 0.4) is 0 Å². The second-order valence-electron chi connectivity index (χ2n) is 5.85. The lowest BCUT2D eigenvalue weighted by molar-refractivity contribution is 0.0956. The van der Waals surface area contributed by atoms with Crippen molar-refractivity contribution in [3.8, 4) is 0 Å². The molecule has 0 aliphatic rings. The summed E-state index contributed by atoms with van der Waals surface area (Å²) in [6, 6.07) is 7.14. The summed E-state index contributed by atoms with van der Waals surface area (Å²) in [5.41, 5.74) is 2.38. The predicted octanol–water partition coefficient (Wildman–Crippen LogP) is 4.32. The standard InChI is InChI=1S/C18H24N4O2S/c1-4-5-6-10-19-16(23)15-13(3)20-18(25-15)22-17(24)21-14-9-7-8-12(2)11-14/h7-9,11H,4-6,10H2,1-3H3,(H,19,23)(H2,20,21,22,24). The Bertz CT molecular complexity index is 742. The van der Waals surface area contributed by atoms with E-state index >= 15 is 0 Å². The number of aryl methyl sites for hydroxylation is 2. The Morgan fingerprint density at radius 1 is 1.16 bits per heavy atom. The Morgan fingerprint density at radius 2 is 1.96 bits per heavy atom. The van der Waals surface area contributed by atoms with Gasteiger partial charge in [-0.05, 0) is 38.0 Å². The van der Waals surface area contributed by atoms with Gasteiger partial charge in [-0.3, -0.25) is 10.1 Å². The maximum absolute atomic E-state index is 12.2. The molecule has 0 aliphatic heterocycles. The zero-order valence-electron chi connectivity index (χ0n) is 14.8. The van der Waals surface area contributed by atoms with E-state index in [0.717, 1.165) is 24.8 Å². The Hall–Kier alpha value is -2.41. The SMILES string of the molecule is CCCCCNC(=O)c1sc(NC(=O)Nc2cccc(C)c2)nc1C. The number of hydrogen-bond acceptors (Lipinski definition) is 4. The van der Waals surface area contributed by atoms with Crippen LogP contribution >= 0.6 is 11.3 Å². The van der Waals surface area contributed by atoms with Crippen molar-refractivity contribution in [3.05, 3.63) is 40.4 Å². The van der Waals surface area contributed by atoms with Crippen LogP contribution in [0.1, 0.15) is 47.1 Å². The van der Waals surface area contributed by atoms with Crippen LogP contribution in [0.5, 0.6) is 0 Å². The molecule has 1 aromatic heterocycles. The van der Waals surface area contributed by atoms with Crippen LogP contribution in [0.4, 0.5) is 15.6 Å².